The number of carbonyl (C=O) groups is 1. The van der Waals surface area contributed by atoms with Crippen molar-refractivity contribution >= 4 is 15.9 Å². The van der Waals surface area contributed by atoms with Crippen LogP contribution in [0.3, 0.4) is 0 Å². The van der Waals surface area contributed by atoms with Gasteiger partial charge in [0.1, 0.15) is 0 Å². The third-order valence-corrected chi connectivity index (χ3v) is 3.99. The zero-order chi connectivity index (χ0) is 12.8. The van der Waals surface area contributed by atoms with Crippen molar-refractivity contribution in [1.82, 2.24) is 10.0 Å². The summed E-state index contributed by atoms with van der Waals surface area (Å²) in [5.41, 5.74) is 5.34. The highest BCUT2D eigenvalue weighted by Crippen LogP contribution is 2.01. The second kappa shape index (κ2) is 6.82. The summed E-state index contributed by atoms with van der Waals surface area (Å²) in [4.78, 5) is 11.2. The van der Waals surface area contributed by atoms with Gasteiger partial charge in [0.15, 0.2) is 0 Å². The van der Waals surface area contributed by atoms with E-state index < -0.39 is 15.3 Å². The maximum atomic E-state index is 11.6. The topological polar surface area (TPSA) is 101 Å². The molecule has 0 fully saturated rings. The molecular formula is C9H21N3O3S. The summed E-state index contributed by atoms with van der Waals surface area (Å²) in [6.45, 7) is 5.17. The maximum absolute atomic E-state index is 11.6. The molecule has 0 saturated heterocycles. The standard InChI is InChI=1S/C9H21N3O3S/c1-4-8(5-10)16(14,15)11-6-9(13)12-7(2)3/h7-8,11H,4-6,10H2,1-3H3,(H,12,13). The average Bonchev–Trinajstić information content (AvgIpc) is 2.15. The van der Waals surface area contributed by atoms with Gasteiger partial charge in [-0.2, -0.15) is 0 Å². The summed E-state index contributed by atoms with van der Waals surface area (Å²) < 4.78 is 25.5. The Morgan fingerprint density at radius 3 is 2.31 bits per heavy atom. The molecule has 7 heteroatoms. The van der Waals surface area contributed by atoms with E-state index in [4.69, 9.17) is 5.73 Å². The zero-order valence-electron chi connectivity index (χ0n) is 9.99. The second-order valence-corrected chi connectivity index (χ2v) is 5.90. The minimum Gasteiger partial charge on any atom is -0.353 e. The molecule has 0 aromatic carbocycles. The molecule has 96 valence electrons. The smallest absolute Gasteiger partial charge is 0.235 e. The van der Waals surface area contributed by atoms with Gasteiger partial charge in [-0.25, -0.2) is 13.1 Å². The molecule has 0 rings (SSSR count). The molecule has 0 radical (unpaired) electrons. The zero-order valence-corrected chi connectivity index (χ0v) is 10.8. The molecule has 4 N–H and O–H groups in total. The Bertz CT molecular complexity index is 310. The minimum atomic E-state index is -3.49. The van der Waals surface area contributed by atoms with Crippen LogP contribution in [0, 0.1) is 0 Å². The SMILES string of the molecule is CCC(CN)S(=O)(=O)NCC(=O)NC(C)C. The van der Waals surface area contributed by atoms with Gasteiger partial charge >= 0.3 is 0 Å². The van der Waals surface area contributed by atoms with E-state index >= 15 is 0 Å². The van der Waals surface area contributed by atoms with Gasteiger partial charge in [0, 0.05) is 12.6 Å². The van der Waals surface area contributed by atoms with Gasteiger partial charge < -0.3 is 11.1 Å². The largest absolute Gasteiger partial charge is 0.353 e. The monoisotopic (exact) mass is 251 g/mol. The molecular weight excluding hydrogens is 230 g/mol. The van der Waals surface area contributed by atoms with Crippen molar-refractivity contribution in [2.75, 3.05) is 13.1 Å². The fourth-order valence-corrected chi connectivity index (χ4v) is 2.43. The number of hydrogen-bond acceptors (Lipinski definition) is 4. The van der Waals surface area contributed by atoms with E-state index in [1.54, 1.807) is 20.8 Å². The van der Waals surface area contributed by atoms with Crippen molar-refractivity contribution in [3.8, 4) is 0 Å². The van der Waals surface area contributed by atoms with Gasteiger partial charge in [0.05, 0.1) is 11.8 Å². The predicted octanol–water partition coefficient (Wildman–Crippen LogP) is -0.832. The summed E-state index contributed by atoms with van der Waals surface area (Å²) in [6, 6.07) is -0.00603. The number of nitrogens with one attached hydrogen (secondary N) is 2. The number of amides is 1. The number of rotatable bonds is 7. The van der Waals surface area contributed by atoms with Crippen LogP contribution >= 0.6 is 0 Å². The summed E-state index contributed by atoms with van der Waals surface area (Å²) in [7, 11) is -3.49. The highest BCUT2D eigenvalue weighted by Gasteiger charge is 2.22. The Balaban J connectivity index is 4.24. The molecule has 6 nitrogen and oxygen atoms in total. The Hall–Kier alpha value is -0.660. The van der Waals surface area contributed by atoms with Crippen molar-refractivity contribution in [3.63, 3.8) is 0 Å². The van der Waals surface area contributed by atoms with Crippen molar-refractivity contribution < 1.29 is 13.2 Å². The first-order valence-corrected chi connectivity index (χ1v) is 6.86. The highest BCUT2D eigenvalue weighted by molar-refractivity contribution is 7.90. The predicted molar refractivity (Wildman–Crippen MR) is 63.3 cm³/mol. The van der Waals surface area contributed by atoms with Gasteiger partial charge in [0.25, 0.3) is 0 Å². The summed E-state index contributed by atoms with van der Waals surface area (Å²) in [5, 5.41) is 1.95. The molecule has 16 heavy (non-hydrogen) atoms. The van der Waals surface area contributed by atoms with E-state index in [2.05, 4.69) is 10.0 Å². The lowest BCUT2D eigenvalue weighted by Gasteiger charge is -2.15. The van der Waals surface area contributed by atoms with E-state index in [1.807, 2.05) is 0 Å². The quantitative estimate of drug-likeness (QED) is 0.549. The fraction of sp³-hybridized carbons (Fsp3) is 0.889. The average molecular weight is 251 g/mol. The Labute approximate surface area is 97.0 Å². The maximum Gasteiger partial charge on any atom is 0.235 e. The van der Waals surface area contributed by atoms with Crippen LogP contribution in [0.4, 0.5) is 0 Å². The lowest BCUT2D eigenvalue weighted by molar-refractivity contribution is -0.120. The molecule has 1 unspecified atom stereocenters. The highest BCUT2D eigenvalue weighted by atomic mass is 32.2. The summed E-state index contributed by atoms with van der Waals surface area (Å²) in [5.74, 6) is -0.342. The third-order valence-electron chi connectivity index (χ3n) is 2.04. The van der Waals surface area contributed by atoms with E-state index in [1.165, 1.54) is 0 Å². The molecule has 1 atom stereocenters. The molecule has 0 aromatic rings. The van der Waals surface area contributed by atoms with Crippen LogP contribution in [-0.2, 0) is 14.8 Å². The molecule has 0 bridgehead atoms. The number of carbonyl (C=O) groups excluding carboxylic acids is 1. The van der Waals surface area contributed by atoms with Crippen LogP contribution in [0.15, 0.2) is 0 Å². The Morgan fingerprint density at radius 1 is 1.38 bits per heavy atom. The lowest BCUT2D eigenvalue weighted by atomic mass is 10.3. The van der Waals surface area contributed by atoms with Gasteiger partial charge in [-0.1, -0.05) is 6.92 Å². The van der Waals surface area contributed by atoms with Crippen LogP contribution in [0.2, 0.25) is 0 Å². The van der Waals surface area contributed by atoms with Gasteiger partial charge in [0.2, 0.25) is 15.9 Å². The molecule has 0 aliphatic heterocycles. The van der Waals surface area contributed by atoms with E-state index in [9.17, 15) is 13.2 Å². The lowest BCUT2D eigenvalue weighted by Crippen LogP contribution is -2.44. The number of sulfonamides is 1. The Morgan fingerprint density at radius 2 is 1.94 bits per heavy atom. The van der Waals surface area contributed by atoms with Crippen molar-refractivity contribution in [3.05, 3.63) is 0 Å². The molecule has 0 saturated carbocycles. The first-order chi connectivity index (χ1) is 7.33. The van der Waals surface area contributed by atoms with Crippen molar-refractivity contribution in [1.29, 1.82) is 0 Å². The van der Waals surface area contributed by atoms with Crippen LogP contribution in [-0.4, -0.2) is 38.7 Å². The van der Waals surface area contributed by atoms with Crippen LogP contribution in [0.5, 0.6) is 0 Å². The van der Waals surface area contributed by atoms with E-state index in [-0.39, 0.29) is 25.0 Å². The van der Waals surface area contributed by atoms with Gasteiger partial charge in [-0.3, -0.25) is 4.79 Å². The molecule has 0 aromatic heterocycles. The molecule has 1 amide bonds. The van der Waals surface area contributed by atoms with E-state index in [0.29, 0.717) is 6.42 Å². The normalized spacial score (nSPS) is 13.8. The number of nitrogens with two attached hydrogens (primary N) is 1. The third kappa shape index (κ3) is 5.43. The first kappa shape index (κ1) is 15.3. The Kier molecular flexibility index (Phi) is 6.54. The van der Waals surface area contributed by atoms with Gasteiger partial charge in [-0.15, -0.1) is 0 Å². The van der Waals surface area contributed by atoms with Crippen LogP contribution in [0.1, 0.15) is 27.2 Å². The molecule has 0 heterocycles. The van der Waals surface area contributed by atoms with Crippen molar-refractivity contribution in [2.24, 2.45) is 5.73 Å². The van der Waals surface area contributed by atoms with Gasteiger partial charge in [-0.05, 0) is 20.3 Å². The van der Waals surface area contributed by atoms with Crippen LogP contribution < -0.4 is 15.8 Å². The second-order valence-electron chi connectivity index (χ2n) is 3.85. The molecule has 0 spiro atoms. The first-order valence-electron chi connectivity index (χ1n) is 5.31. The van der Waals surface area contributed by atoms with Crippen molar-refractivity contribution in [2.45, 2.75) is 38.5 Å². The van der Waals surface area contributed by atoms with E-state index in [0.717, 1.165) is 0 Å². The summed E-state index contributed by atoms with van der Waals surface area (Å²) in [6.07, 6.45) is 0.428. The number of hydrogen-bond donors (Lipinski definition) is 3. The molecule has 0 aliphatic carbocycles. The minimum absolute atomic E-state index is 0.00603. The molecule has 0 aliphatic rings. The fourth-order valence-electron chi connectivity index (χ4n) is 1.17. The van der Waals surface area contributed by atoms with Crippen LogP contribution in [0.25, 0.3) is 0 Å². The summed E-state index contributed by atoms with van der Waals surface area (Å²) >= 11 is 0.